The number of aliphatic hydroxyl groups is 1. The average Bonchev–Trinajstić information content (AvgIpc) is 2.46. The second-order valence-electron chi connectivity index (χ2n) is 5.45. The predicted molar refractivity (Wildman–Crippen MR) is 67.7 cm³/mol. The minimum Gasteiger partial charge on any atom is -0.390 e. The van der Waals surface area contributed by atoms with E-state index in [0.717, 1.165) is 31.8 Å². The van der Waals surface area contributed by atoms with Crippen LogP contribution in [0.25, 0.3) is 0 Å². The predicted octanol–water partition coefficient (Wildman–Crippen LogP) is 0.656. The van der Waals surface area contributed by atoms with Gasteiger partial charge in [-0.05, 0) is 38.3 Å². The van der Waals surface area contributed by atoms with Crippen molar-refractivity contribution in [1.82, 2.24) is 4.90 Å². The highest BCUT2D eigenvalue weighted by Crippen LogP contribution is 2.25. The number of hydrogen-bond acceptors (Lipinski definition) is 4. The molecule has 0 aliphatic carbocycles. The molecule has 100 valence electrons. The first kappa shape index (κ1) is 13.3. The van der Waals surface area contributed by atoms with Crippen molar-refractivity contribution >= 4 is 9.84 Å². The molecule has 17 heavy (non-hydrogen) atoms. The van der Waals surface area contributed by atoms with Gasteiger partial charge in [0.2, 0.25) is 0 Å². The molecule has 3 atom stereocenters. The van der Waals surface area contributed by atoms with Crippen LogP contribution in [0.3, 0.4) is 0 Å². The average molecular weight is 261 g/mol. The summed E-state index contributed by atoms with van der Waals surface area (Å²) in [5, 5.41) is 9.87. The molecular formula is C12H23NO3S. The highest BCUT2D eigenvalue weighted by atomic mass is 32.2. The standard InChI is InChI=1S/C12H23NO3S/c1-2-10-4-3-6-13(7-5-10)11-8-17(15,16)9-12(11)14/h10-12,14H,2-9H2,1H3. The van der Waals surface area contributed by atoms with Crippen molar-refractivity contribution < 1.29 is 13.5 Å². The zero-order valence-electron chi connectivity index (χ0n) is 10.5. The van der Waals surface area contributed by atoms with Gasteiger partial charge < -0.3 is 5.11 Å². The molecule has 4 nitrogen and oxygen atoms in total. The summed E-state index contributed by atoms with van der Waals surface area (Å²) in [7, 11) is -3.02. The molecular weight excluding hydrogens is 238 g/mol. The maximum absolute atomic E-state index is 11.5. The molecule has 0 spiro atoms. The first-order valence-electron chi connectivity index (χ1n) is 6.64. The SMILES string of the molecule is CCC1CCCN(C2CS(=O)(=O)CC2O)CC1. The summed E-state index contributed by atoms with van der Waals surface area (Å²) in [5.74, 6) is 0.867. The summed E-state index contributed by atoms with van der Waals surface area (Å²) >= 11 is 0. The normalized spacial score (nSPS) is 39.1. The van der Waals surface area contributed by atoms with Gasteiger partial charge in [0.1, 0.15) is 0 Å². The van der Waals surface area contributed by atoms with Gasteiger partial charge in [-0.2, -0.15) is 0 Å². The van der Waals surface area contributed by atoms with Crippen LogP contribution in [0.15, 0.2) is 0 Å². The molecule has 0 aromatic carbocycles. The number of nitrogens with zero attached hydrogens (tertiary/aromatic N) is 1. The van der Waals surface area contributed by atoms with Crippen LogP contribution in [-0.2, 0) is 9.84 Å². The Bertz CT molecular complexity index is 355. The third kappa shape index (κ3) is 3.20. The minimum atomic E-state index is -3.02. The van der Waals surface area contributed by atoms with E-state index in [-0.39, 0.29) is 17.5 Å². The second-order valence-corrected chi connectivity index (χ2v) is 7.61. The Morgan fingerprint density at radius 3 is 2.59 bits per heavy atom. The molecule has 2 aliphatic rings. The highest BCUT2D eigenvalue weighted by Gasteiger charge is 2.40. The molecule has 2 fully saturated rings. The Balaban J connectivity index is 1.98. The molecule has 0 aromatic rings. The fourth-order valence-electron chi connectivity index (χ4n) is 3.09. The van der Waals surface area contributed by atoms with E-state index in [4.69, 9.17) is 0 Å². The van der Waals surface area contributed by atoms with E-state index in [1.54, 1.807) is 0 Å². The largest absolute Gasteiger partial charge is 0.390 e. The molecule has 0 bridgehead atoms. The molecule has 2 heterocycles. The van der Waals surface area contributed by atoms with Gasteiger partial charge in [-0.1, -0.05) is 13.3 Å². The van der Waals surface area contributed by atoms with Gasteiger partial charge in [-0.3, -0.25) is 4.90 Å². The summed E-state index contributed by atoms with van der Waals surface area (Å²) in [5.41, 5.74) is 0. The lowest BCUT2D eigenvalue weighted by Crippen LogP contribution is -2.43. The molecule has 2 aliphatic heterocycles. The third-order valence-electron chi connectivity index (χ3n) is 4.22. The first-order chi connectivity index (χ1) is 8.02. The van der Waals surface area contributed by atoms with Crippen LogP contribution in [0, 0.1) is 5.92 Å². The van der Waals surface area contributed by atoms with Crippen LogP contribution in [-0.4, -0.2) is 55.2 Å². The lowest BCUT2D eigenvalue weighted by molar-refractivity contribution is 0.0847. The van der Waals surface area contributed by atoms with Crippen LogP contribution >= 0.6 is 0 Å². The number of likely N-dealkylation sites (tertiary alicyclic amines) is 1. The Labute approximate surface area is 104 Å². The Hall–Kier alpha value is -0.130. The van der Waals surface area contributed by atoms with Gasteiger partial charge in [0.05, 0.1) is 23.7 Å². The fourth-order valence-corrected chi connectivity index (χ4v) is 4.92. The lowest BCUT2D eigenvalue weighted by atomic mass is 9.98. The Morgan fingerprint density at radius 1 is 1.24 bits per heavy atom. The highest BCUT2D eigenvalue weighted by molar-refractivity contribution is 7.91. The number of sulfone groups is 1. The van der Waals surface area contributed by atoms with Crippen molar-refractivity contribution in [3.05, 3.63) is 0 Å². The zero-order chi connectivity index (χ0) is 12.5. The monoisotopic (exact) mass is 261 g/mol. The van der Waals surface area contributed by atoms with Crippen molar-refractivity contribution in [3.8, 4) is 0 Å². The van der Waals surface area contributed by atoms with E-state index in [9.17, 15) is 13.5 Å². The quantitative estimate of drug-likeness (QED) is 0.793. The van der Waals surface area contributed by atoms with Crippen molar-refractivity contribution in [3.63, 3.8) is 0 Å². The van der Waals surface area contributed by atoms with Gasteiger partial charge in [-0.25, -0.2) is 8.42 Å². The van der Waals surface area contributed by atoms with E-state index in [1.165, 1.54) is 12.8 Å². The lowest BCUT2D eigenvalue weighted by Gasteiger charge is -2.28. The number of rotatable bonds is 2. The Kier molecular flexibility index (Phi) is 4.10. The van der Waals surface area contributed by atoms with Crippen molar-refractivity contribution in [1.29, 1.82) is 0 Å². The molecule has 2 rings (SSSR count). The van der Waals surface area contributed by atoms with Crippen molar-refractivity contribution in [2.24, 2.45) is 5.92 Å². The topological polar surface area (TPSA) is 57.6 Å². The number of hydrogen-bond donors (Lipinski definition) is 1. The van der Waals surface area contributed by atoms with Crippen molar-refractivity contribution in [2.45, 2.75) is 44.8 Å². The van der Waals surface area contributed by atoms with Gasteiger partial charge >= 0.3 is 0 Å². The molecule has 3 unspecified atom stereocenters. The molecule has 0 radical (unpaired) electrons. The second kappa shape index (κ2) is 5.24. The summed E-state index contributed by atoms with van der Waals surface area (Å²) in [6.07, 6.45) is 4.03. The minimum absolute atomic E-state index is 0.0502. The van der Waals surface area contributed by atoms with E-state index >= 15 is 0 Å². The fraction of sp³-hybridized carbons (Fsp3) is 1.00. The summed E-state index contributed by atoms with van der Waals surface area (Å²) in [6.45, 7) is 4.10. The number of aliphatic hydroxyl groups excluding tert-OH is 1. The van der Waals surface area contributed by atoms with E-state index in [0.29, 0.717) is 0 Å². The molecule has 0 amide bonds. The molecule has 5 heteroatoms. The molecule has 0 aromatic heterocycles. The van der Waals surface area contributed by atoms with Crippen molar-refractivity contribution in [2.75, 3.05) is 24.6 Å². The Morgan fingerprint density at radius 2 is 2.00 bits per heavy atom. The smallest absolute Gasteiger partial charge is 0.154 e. The first-order valence-corrected chi connectivity index (χ1v) is 8.46. The molecule has 2 saturated heterocycles. The third-order valence-corrected chi connectivity index (χ3v) is 5.92. The maximum atomic E-state index is 11.5. The van der Waals surface area contributed by atoms with Gasteiger partial charge in [-0.15, -0.1) is 0 Å². The molecule has 0 saturated carbocycles. The summed E-state index contributed by atoms with van der Waals surface area (Å²) in [6, 6.07) is -0.157. The van der Waals surface area contributed by atoms with Crippen LogP contribution in [0.4, 0.5) is 0 Å². The van der Waals surface area contributed by atoms with E-state index in [2.05, 4.69) is 11.8 Å². The zero-order valence-corrected chi connectivity index (χ0v) is 11.3. The van der Waals surface area contributed by atoms with Gasteiger partial charge in [0, 0.05) is 0 Å². The van der Waals surface area contributed by atoms with Crippen LogP contribution in [0.1, 0.15) is 32.6 Å². The summed E-state index contributed by atoms with van der Waals surface area (Å²) in [4.78, 5) is 2.20. The van der Waals surface area contributed by atoms with Crippen LogP contribution in [0.5, 0.6) is 0 Å². The van der Waals surface area contributed by atoms with Crippen LogP contribution in [0.2, 0.25) is 0 Å². The van der Waals surface area contributed by atoms with Gasteiger partial charge in [0.15, 0.2) is 9.84 Å². The van der Waals surface area contributed by atoms with E-state index in [1.807, 2.05) is 0 Å². The van der Waals surface area contributed by atoms with E-state index < -0.39 is 15.9 Å². The van der Waals surface area contributed by atoms with Crippen LogP contribution < -0.4 is 0 Å². The molecule has 1 N–H and O–H groups in total. The summed E-state index contributed by atoms with van der Waals surface area (Å²) < 4.78 is 23.0. The van der Waals surface area contributed by atoms with Gasteiger partial charge in [0.25, 0.3) is 0 Å². The maximum Gasteiger partial charge on any atom is 0.154 e.